The van der Waals surface area contributed by atoms with Gasteiger partial charge in [-0.3, -0.25) is 0 Å². The number of aromatic nitrogens is 3. The van der Waals surface area contributed by atoms with E-state index in [2.05, 4.69) is 26.3 Å². The Kier molecular flexibility index (Phi) is 4.61. The van der Waals surface area contributed by atoms with Crippen LogP contribution >= 0.6 is 0 Å². The lowest BCUT2D eigenvalue weighted by Gasteiger charge is -2.17. The third-order valence-corrected chi connectivity index (χ3v) is 5.37. The molecule has 0 amide bonds. The first-order valence-corrected chi connectivity index (χ1v) is 9.32. The van der Waals surface area contributed by atoms with Crippen LogP contribution in [0, 0.1) is 17.1 Å². The van der Waals surface area contributed by atoms with Crippen molar-refractivity contribution in [1.29, 1.82) is 5.26 Å². The van der Waals surface area contributed by atoms with Gasteiger partial charge in [0.25, 0.3) is 5.92 Å². The maximum Gasteiger partial charge on any atom is 0.275 e. The maximum absolute atomic E-state index is 14.6. The lowest BCUT2D eigenvalue weighted by atomic mass is 9.99. The second-order valence-corrected chi connectivity index (χ2v) is 7.20. The molecule has 5 nitrogen and oxygen atoms in total. The largest absolute Gasteiger partial charge is 0.365 e. The van der Waals surface area contributed by atoms with Gasteiger partial charge in [0.2, 0.25) is 0 Å². The number of halogens is 3. The van der Waals surface area contributed by atoms with Crippen molar-refractivity contribution in [1.82, 2.24) is 15.0 Å². The minimum Gasteiger partial charge on any atom is -0.365 e. The number of hydrogen-bond acceptors (Lipinski definition) is 5. The zero-order valence-electron chi connectivity index (χ0n) is 15.7. The molecule has 0 saturated heterocycles. The van der Waals surface area contributed by atoms with Gasteiger partial charge >= 0.3 is 0 Å². The summed E-state index contributed by atoms with van der Waals surface area (Å²) in [4.78, 5) is 12.6. The van der Waals surface area contributed by atoms with Crippen molar-refractivity contribution in [2.24, 2.45) is 0 Å². The smallest absolute Gasteiger partial charge is 0.275 e. The van der Waals surface area contributed by atoms with E-state index >= 15 is 0 Å². The molecule has 0 bridgehead atoms. The van der Waals surface area contributed by atoms with Crippen molar-refractivity contribution in [3.05, 3.63) is 59.3 Å². The summed E-state index contributed by atoms with van der Waals surface area (Å²) in [5.41, 5.74) is 0.219. The average molecular weight is 397 g/mol. The highest BCUT2D eigenvalue weighted by molar-refractivity contribution is 5.87. The molecule has 148 valence electrons. The molecule has 4 rings (SSSR count). The molecule has 0 atom stereocenters. The fourth-order valence-corrected chi connectivity index (χ4v) is 3.31. The van der Waals surface area contributed by atoms with E-state index in [1.54, 1.807) is 6.20 Å². The molecule has 0 radical (unpaired) electrons. The van der Waals surface area contributed by atoms with Crippen LogP contribution in [-0.2, 0) is 17.9 Å². The molecule has 8 heteroatoms. The summed E-state index contributed by atoms with van der Waals surface area (Å²) in [7, 11) is 0. The summed E-state index contributed by atoms with van der Waals surface area (Å²) in [5, 5.41) is 13.0. The molecule has 0 unspecified atom stereocenters. The number of fused-ring (bicyclic) bond motifs is 1. The minimum atomic E-state index is -3.23. The number of nitrogens with zero attached hydrogens (tertiary/aromatic N) is 4. The summed E-state index contributed by atoms with van der Waals surface area (Å²) >= 11 is 0. The zero-order chi connectivity index (χ0) is 20.6. The molecule has 29 heavy (non-hydrogen) atoms. The molecular formula is C21H18F3N5. The second-order valence-electron chi connectivity index (χ2n) is 7.20. The van der Waals surface area contributed by atoms with Crippen LogP contribution in [0.4, 0.5) is 19.0 Å². The third kappa shape index (κ3) is 3.37. The highest BCUT2D eigenvalue weighted by Gasteiger charge is 2.45. The first kappa shape index (κ1) is 19.1. The molecule has 2 aromatic heterocycles. The Hall–Kier alpha value is -3.21. The quantitative estimate of drug-likeness (QED) is 0.645. The standard InChI is InChI=1S/C21H18F3N5/c1-2-21(23,24)16-5-3-4-13(17(16)22)9-26-18-15-8-14(20(11-25)6-7-20)10-27-19(15)29-12-28-18/h3-5,8,10,12H,2,6-7,9H2,1H3,(H,26,27,28,29). The number of rotatable bonds is 6. The van der Waals surface area contributed by atoms with Crippen molar-refractivity contribution < 1.29 is 13.2 Å². The number of hydrogen-bond donors (Lipinski definition) is 1. The highest BCUT2D eigenvalue weighted by atomic mass is 19.3. The molecule has 1 aliphatic rings. The first-order chi connectivity index (χ1) is 13.9. The fraction of sp³-hybridized carbons (Fsp3) is 0.333. The van der Waals surface area contributed by atoms with Crippen LogP contribution in [0.15, 0.2) is 36.8 Å². The van der Waals surface area contributed by atoms with E-state index in [-0.39, 0.29) is 12.1 Å². The van der Waals surface area contributed by atoms with E-state index in [0.29, 0.717) is 16.9 Å². The van der Waals surface area contributed by atoms with Crippen LogP contribution in [0.25, 0.3) is 11.0 Å². The Morgan fingerprint density at radius 2 is 2.03 bits per heavy atom. The van der Waals surface area contributed by atoms with Gasteiger partial charge in [0.05, 0.1) is 22.4 Å². The molecule has 1 aliphatic carbocycles. The van der Waals surface area contributed by atoms with Crippen molar-refractivity contribution in [2.75, 3.05) is 5.32 Å². The van der Waals surface area contributed by atoms with Gasteiger partial charge in [-0.25, -0.2) is 28.1 Å². The summed E-state index contributed by atoms with van der Waals surface area (Å²) < 4.78 is 42.6. The number of nitrogens with one attached hydrogen (secondary N) is 1. The monoisotopic (exact) mass is 397 g/mol. The number of pyridine rings is 1. The predicted molar refractivity (Wildman–Crippen MR) is 102 cm³/mol. The molecule has 1 saturated carbocycles. The predicted octanol–water partition coefficient (Wildman–Crippen LogP) is 4.83. The van der Waals surface area contributed by atoms with Gasteiger partial charge in [0.15, 0.2) is 5.65 Å². The topological polar surface area (TPSA) is 74.5 Å². The molecule has 0 aliphatic heterocycles. The minimum absolute atomic E-state index is 0.0286. The van der Waals surface area contributed by atoms with Crippen LogP contribution in [0.2, 0.25) is 0 Å². The number of benzene rings is 1. The van der Waals surface area contributed by atoms with Gasteiger partial charge in [-0.1, -0.05) is 25.1 Å². The molecule has 1 fully saturated rings. The summed E-state index contributed by atoms with van der Waals surface area (Å²) in [6.45, 7) is 1.29. The van der Waals surface area contributed by atoms with E-state index < -0.39 is 29.1 Å². The van der Waals surface area contributed by atoms with Gasteiger partial charge in [-0.15, -0.1) is 0 Å². The van der Waals surface area contributed by atoms with E-state index in [4.69, 9.17) is 0 Å². The summed E-state index contributed by atoms with van der Waals surface area (Å²) in [5.74, 6) is -3.74. The molecule has 1 N–H and O–H groups in total. The van der Waals surface area contributed by atoms with Gasteiger partial charge in [-0.05, 0) is 24.5 Å². The van der Waals surface area contributed by atoms with Gasteiger partial charge < -0.3 is 5.32 Å². The Balaban J connectivity index is 1.65. The Morgan fingerprint density at radius 3 is 2.72 bits per heavy atom. The highest BCUT2D eigenvalue weighted by Crippen LogP contribution is 2.47. The molecular weight excluding hydrogens is 379 g/mol. The number of alkyl halides is 2. The number of nitriles is 1. The van der Waals surface area contributed by atoms with Crippen LogP contribution in [-0.4, -0.2) is 15.0 Å². The van der Waals surface area contributed by atoms with Crippen LogP contribution in [0.1, 0.15) is 42.9 Å². The molecule has 0 spiro atoms. The summed E-state index contributed by atoms with van der Waals surface area (Å²) in [6, 6.07) is 8.12. The van der Waals surface area contributed by atoms with Crippen molar-refractivity contribution >= 4 is 16.9 Å². The van der Waals surface area contributed by atoms with Crippen LogP contribution < -0.4 is 5.32 Å². The first-order valence-electron chi connectivity index (χ1n) is 9.32. The third-order valence-electron chi connectivity index (χ3n) is 5.37. The van der Waals surface area contributed by atoms with E-state index in [9.17, 15) is 18.4 Å². The van der Waals surface area contributed by atoms with Crippen molar-refractivity contribution in [3.63, 3.8) is 0 Å². The number of anilines is 1. The fourth-order valence-electron chi connectivity index (χ4n) is 3.31. The van der Waals surface area contributed by atoms with E-state index in [0.717, 1.165) is 24.5 Å². The zero-order valence-corrected chi connectivity index (χ0v) is 15.7. The maximum atomic E-state index is 14.6. The Bertz CT molecular complexity index is 1120. The summed E-state index contributed by atoms with van der Waals surface area (Å²) in [6.07, 6.45) is 4.04. The van der Waals surface area contributed by atoms with Gasteiger partial charge in [0.1, 0.15) is 18.0 Å². The lowest BCUT2D eigenvalue weighted by molar-refractivity contribution is -0.0118. The second kappa shape index (κ2) is 6.99. The molecule has 1 aromatic carbocycles. The van der Waals surface area contributed by atoms with E-state index in [1.165, 1.54) is 25.4 Å². The van der Waals surface area contributed by atoms with Gasteiger partial charge in [0, 0.05) is 24.7 Å². The van der Waals surface area contributed by atoms with Crippen molar-refractivity contribution in [2.45, 2.75) is 44.1 Å². The normalized spacial score (nSPS) is 15.1. The Morgan fingerprint density at radius 1 is 1.24 bits per heavy atom. The van der Waals surface area contributed by atoms with Gasteiger partial charge in [-0.2, -0.15) is 5.26 Å². The van der Waals surface area contributed by atoms with Crippen LogP contribution in [0.3, 0.4) is 0 Å². The van der Waals surface area contributed by atoms with E-state index in [1.807, 2.05) is 6.07 Å². The average Bonchev–Trinajstić information content (AvgIpc) is 3.54. The van der Waals surface area contributed by atoms with Crippen LogP contribution in [0.5, 0.6) is 0 Å². The molecule has 3 aromatic rings. The van der Waals surface area contributed by atoms with Crippen molar-refractivity contribution in [3.8, 4) is 6.07 Å². The SMILES string of the molecule is CCC(F)(F)c1cccc(CNc2ncnc3ncc(C4(C#N)CC4)cc23)c1F. The molecule has 2 heterocycles. The Labute approximate surface area is 165 Å². The lowest BCUT2D eigenvalue weighted by Crippen LogP contribution is -2.16.